The van der Waals surface area contributed by atoms with Gasteiger partial charge in [-0.25, -0.2) is 4.98 Å². The Morgan fingerprint density at radius 2 is 2.31 bits per heavy atom. The molecule has 13 heavy (non-hydrogen) atoms. The molecule has 1 atom stereocenters. The van der Waals surface area contributed by atoms with Crippen LogP contribution in [-0.4, -0.2) is 27.8 Å². The molecule has 0 fully saturated rings. The summed E-state index contributed by atoms with van der Waals surface area (Å²) in [5, 5.41) is 2.63. The summed E-state index contributed by atoms with van der Waals surface area (Å²) in [6.45, 7) is 1.73. The molecular weight excluding hydrogens is 168 g/mol. The minimum absolute atomic E-state index is 0.0966. The van der Waals surface area contributed by atoms with Gasteiger partial charge in [-0.3, -0.25) is 14.8 Å². The van der Waals surface area contributed by atoms with Crippen LogP contribution in [0.1, 0.15) is 12.6 Å². The molecule has 0 aliphatic carbocycles. The zero-order valence-corrected chi connectivity index (χ0v) is 7.06. The Bertz CT molecular complexity index is 360. The molecule has 1 amide bonds. The Kier molecular flexibility index (Phi) is 1.77. The predicted octanol–water partition coefficient (Wildman–Crippen LogP) is -0.259. The van der Waals surface area contributed by atoms with Gasteiger partial charge in [0.1, 0.15) is 11.7 Å². The van der Waals surface area contributed by atoms with Gasteiger partial charge in [-0.05, 0) is 6.92 Å². The Balaban J connectivity index is 2.30. The number of nitrogens with one attached hydrogen (secondary N) is 1. The van der Waals surface area contributed by atoms with Crippen LogP contribution in [0.4, 0.5) is 0 Å². The van der Waals surface area contributed by atoms with Crippen LogP contribution in [0.25, 0.3) is 0 Å². The van der Waals surface area contributed by atoms with E-state index in [-0.39, 0.29) is 11.9 Å². The largest absolute Gasteiger partial charge is 0.307 e. The van der Waals surface area contributed by atoms with Crippen molar-refractivity contribution in [2.24, 2.45) is 4.99 Å². The quantitative estimate of drug-likeness (QED) is 0.641. The average Bonchev–Trinajstić information content (AvgIpc) is 2.49. The van der Waals surface area contributed by atoms with Crippen LogP contribution in [0.3, 0.4) is 0 Å². The average molecular weight is 176 g/mol. The molecule has 2 heterocycles. The van der Waals surface area contributed by atoms with E-state index in [0.29, 0.717) is 11.5 Å². The maximum atomic E-state index is 11.1. The van der Waals surface area contributed by atoms with Crippen molar-refractivity contribution in [3.05, 3.63) is 24.3 Å². The van der Waals surface area contributed by atoms with Crippen LogP contribution in [0, 0.1) is 0 Å². The number of carbonyl (C=O) groups is 1. The molecular formula is C8H8N4O. The van der Waals surface area contributed by atoms with Crippen molar-refractivity contribution >= 4 is 11.7 Å². The van der Waals surface area contributed by atoms with Crippen LogP contribution in [-0.2, 0) is 4.79 Å². The molecule has 1 N–H and O–H groups in total. The van der Waals surface area contributed by atoms with Crippen LogP contribution in [0.5, 0.6) is 0 Å². The molecule has 0 spiro atoms. The SMILES string of the molecule is CC1N=C(c2cnccn2)NC1=O. The van der Waals surface area contributed by atoms with Gasteiger partial charge in [-0.1, -0.05) is 0 Å². The number of hydrogen-bond donors (Lipinski definition) is 1. The van der Waals surface area contributed by atoms with Crippen LogP contribution in [0.2, 0.25) is 0 Å². The van der Waals surface area contributed by atoms with Crippen LogP contribution in [0.15, 0.2) is 23.6 Å². The lowest BCUT2D eigenvalue weighted by Crippen LogP contribution is -2.28. The summed E-state index contributed by atoms with van der Waals surface area (Å²) in [5.74, 6) is 0.409. The first-order chi connectivity index (χ1) is 6.27. The van der Waals surface area contributed by atoms with Crippen molar-refractivity contribution < 1.29 is 4.79 Å². The first-order valence-corrected chi connectivity index (χ1v) is 3.92. The molecule has 0 aromatic carbocycles. The predicted molar refractivity (Wildman–Crippen MR) is 46.2 cm³/mol. The number of aromatic nitrogens is 2. The fourth-order valence-electron chi connectivity index (χ4n) is 1.06. The van der Waals surface area contributed by atoms with Gasteiger partial charge in [0.05, 0.1) is 6.20 Å². The Labute approximate surface area is 74.9 Å². The summed E-state index contributed by atoms with van der Waals surface area (Å²) in [5.41, 5.74) is 0.597. The Morgan fingerprint density at radius 1 is 1.46 bits per heavy atom. The van der Waals surface area contributed by atoms with E-state index in [2.05, 4.69) is 20.3 Å². The lowest BCUT2D eigenvalue weighted by Gasteiger charge is -1.96. The van der Waals surface area contributed by atoms with Crippen LogP contribution >= 0.6 is 0 Å². The fraction of sp³-hybridized carbons (Fsp3) is 0.250. The van der Waals surface area contributed by atoms with Gasteiger partial charge < -0.3 is 5.32 Å². The van der Waals surface area contributed by atoms with Crippen molar-refractivity contribution in [3.8, 4) is 0 Å². The maximum absolute atomic E-state index is 11.1. The first kappa shape index (κ1) is 7.85. The summed E-state index contributed by atoms with van der Waals surface area (Å²) < 4.78 is 0. The van der Waals surface area contributed by atoms with Gasteiger partial charge in [0.2, 0.25) is 5.91 Å². The van der Waals surface area contributed by atoms with E-state index < -0.39 is 0 Å². The van der Waals surface area contributed by atoms with E-state index >= 15 is 0 Å². The molecule has 2 rings (SSSR count). The monoisotopic (exact) mass is 176 g/mol. The first-order valence-electron chi connectivity index (χ1n) is 3.92. The molecule has 1 aromatic rings. The fourth-order valence-corrected chi connectivity index (χ4v) is 1.06. The van der Waals surface area contributed by atoms with E-state index in [1.54, 1.807) is 25.5 Å². The molecule has 0 saturated heterocycles. The summed E-state index contributed by atoms with van der Waals surface area (Å²) in [7, 11) is 0. The molecule has 5 heteroatoms. The summed E-state index contributed by atoms with van der Waals surface area (Å²) >= 11 is 0. The smallest absolute Gasteiger partial charge is 0.250 e. The van der Waals surface area contributed by atoms with E-state index in [9.17, 15) is 4.79 Å². The van der Waals surface area contributed by atoms with Crippen molar-refractivity contribution in [2.75, 3.05) is 0 Å². The van der Waals surface area contributed by atoms with E-state index in [1.807, 2.05) is 0 Å². The van der Waals surface area contributed by atoms with Crippen LogP contribution < -0.4 is 5.32 Å². The zero-order valence-electron chi connectivity index (χ0n) is 7.06. The van der Waals surface area contributed by atoms with Gasteiger partial charge >= 0.3 is 0 Å². The molecule has 0 radical (unpaired) electrons. The number of aliphatic imine (C=N–C) groups is 1. The normalized spacial score (nSPS) is 21.2. The zero-order chi connectivity index (χ0) is 9.26. The van der Waals surface area contributed by atoms with Crippen molar-refractivity contribution in [3.63, 3.8) is 0 Å². The number of carbonyl (C=O) groups excluding carboxylic acids is 1. The maximum Gasteiger partial charge on any atom is 0.250 e. The third-order valence-corrected chi connectivity index (χ3v) is 1.75. The standard InChI is InChI=1S/C8H8N4O/c1-5-8(13)12-7(11-5)6-4-9-2-3-10-6/h2-5H,1H3,(H,11,12,13). The van der Waals surface area contributed by atoms with E-state index in [1.165, 1.54) is 0 Å². The van der Waals surface area contributed by atoms with Gasteiger partial charge in [0.15, 0.2) is 5.84 Å². The lowest BCUT2D eigenvalue weighted by atomic mass is 10.4. The van der Waals surface area contributed by atoms with E-state index in [0.717, 1.165) is 0 Å². The molecule has 1 aliphatic heterocycles. The number of amides is 1. The topological polar surface area (TPSA) is 67.2 Å². The highest BCUT2D eigenvalue weighted by atomic mass is 16.2. The number of amidine groups is 1. The summed E-state index contributed by atoms with van der Waals surface area (Å²) in [4.78, 5) is 23.1. The second-order valence-electron chi connectivity index (χ2n) is 2.73. The third-order valence-electron chi connectivity index (χ3n) is 1.75. The van der Waals surface area contributed by atoms with Gasteiger partial charge in [0, 0.05) is 12.4 Å². The molecule has 0 bridgehead atoms. The Morgan fingerprint density at radius 3 is 2.85 bits per heavy atom. The Hall–Kier alpha value is -1.78. The third kappa shape index (κ3) is 1.40. The van der Waals surface area contributed by atoms with Crippen molar-refractivity contribution in [2.45, 2.75) is 13.0 Å². The molecule has 1 aliphatic rings. The molecule has 66 valence electrons. The number of nitrogens with zero attached hydrogens (tertiary/aromatic N) is 3. The second-order valence-corrected chi connectivity index (χ2v) is 2.73. The summed E-state index contributed by atoms with van der Waals surface area (Å²) in [6.07, 6.45) is 4.70. The van der Waals surface area contributed by atoms with Gasteiger partial charge in [0.25, 0.3) is 0 Å². The number of rotatable bonds is 1. The van der Waals surface area contributed by atoms with Crippen molar-refractivity contribution in [1.82, 2.24) is 15.3 Å². The van der Waals surface area contributed by atoms with E-state index in [4.69, 9.17) is 0 Å². The minimum atomic E-state index is -0.322. The second kappa shape index (κ2) is 2.93. The number of hydrogen-bond acceptors (Lipinski definition) is 4. The highest BCUT2D eigenvalue weighted by molar-refractivity contribution is 6.12. The minimum Gasteiger partial charge on any atom is -0.307 e. The highest BCUT2D eigenvalue weighted by Crippen LogP contribution is 2.03. The molecule has 1 aromatic heterocycles. The lowest BCUT2D eigenvalue weighted by molar-refractivity contribution is -0.119. The van der Waals surface area contributed by atoms with Gasteiger partial charge in [-0.15, -0.1) is 0 Å². The molecule has 0 saturated carbocycles. The van der Waals surface area contributed by atoms with Gasteiger partial charge in [-0.2, -0.15) is 0 Å². The summed E-state index contributed by atoms with van der Waals surface area (Å²) in [6, 6.07) is -0.322. The molecule has 5 nitrogen and oxygen atoms in total. The highest BCUT2D eigenvalue weighted by Gasteiger charge is 2.23. The van der Waals surface area contributed by atoms with Crippen molar-refractivity contribution in [1.29, 1.82) is 0 Å². The molecule has 1 unspecified atom stereocenters.